The van der Waals surface area contributed by atoms with Crippen LogP contribution in [0, 0.1) is 17.8 Å². The Balaban J connectivity index is 1.30. The molecule has 0 unspecified atom stereocenters. The number of carbonyl (C=O) groups is 3. The predicted octanol–water partition coefficient (Wildman–Crippen LogP) is 2.97. The monoisotopic (exact) mass is 397 g/mol. The average molecular weight is 397 g/mol. The standard InChI is InChI=1S/C22H27N3O4/c26-19-13-29-21(28)25(19)12-18(17-4-2-1-3-5-17)23-20(27)24-22-9-14-6-15(10-22)8-16(7-14)11-22/h1-5,14-16,18H,6-13H2,(H2,23,24,27)/t14?,15?,16?,18-,22?/m0/s1. The maximum atomic E-state index is 13.0. The van der Waals surface area contributed by atoms with Crippen LogP contribution in [0.15, 0.2) is 30.3 Å². The molecule has 6 rings (SSSR count). The molecule has 2 N–H and O–H groups in total. The molecule has 0 aromatic heterocycles. The molecule has 1 aliphatic heterocycles. The number of ether oxygens (including phenoxy) is 1. The highest BCUT2D eigenvalue weighted by Crippen LogP contribution is 2.55. The SMILES string of the molecule is O=C(N[C@@H](CN1C(=O)COC1=O)c1ccccc1)NC12CC3CC(CC(C3)C1)C2. The van der Waals surface area contributed by atoms with Crippen molar-refractivity contribution >= 4 is 18.0 Å². The highest BCUT2D eigenvalue weighted by molar-refractivity contribution is 5.97. The molecule has 7 heteroatoms. The summed E-state index contributed by atoms with van der Waals surface area (Å²) >= 11 is 0. The molecule has 5 aliphatic rings. The molecule has 0 spiro atoms. The summed E-state index contributed by atoms with van der Waals surface area (Å²) in [5, 5.41) is 6.33. The Morgan fingerprint density at radius 1 is 1.07 bits per heavy atom. The fraction of sp³-hybridized carbons (Fsp3) is 0.591. The summed E-state index contributed by atoms with van der Waals surface area (Å²) in [6, 6.07) is 8.73. The van der Waals surface area contributed by atoms with E-state index in [0.29, 0.717) is 0 Å². The van der Waals surface area contributed by atoms with E-state index in [1.807, 2.05) is 30.3 Å². The third kappa shape index (κ3) is 3.58. The quantitative estimate of drug-likeness (QED) is 0.800. The lowest BCUT2D eigenvalue weighted by Crippen LogP contribution is -2.61. The molecule has 1 heterocycles. The number of nitrogens with one attached hydrogen (secondary N) is 2. The molecule has 4 amide bonds. The number of hydrogen-bond donors (Lipinski definition) is 2. The van der Waals surface area contributed by atoms with Crippen LogP contribution in [0.3, 0.4) is 0 Å². The van der Waals surface area contributed by atoms with E-state index >= 15 is 0 Å². The molecule has 5 fully saturated rings. The number of cyclic esters (lactones) is 1. The minimum Gasteiger partial charge on any atom is -0.439 e. The third-order valence-electron chi connectivity index (χ3n) is 7.13. The zero-order valence-electron chi connectivity index (χ0n) is 16.4. The Morgan fingerprint density at radius 2 is 1.69 bits per heavy atom. The number of carbonyl (C=O) groups excluding carboxylic acids is 3. The van der Waals surface area contributed by atoms with Gasteiger partial charge in [-0.3, -0.25) is 4.79 Å². The molecule has 4 aliphatic carbocycles. The number of imide groups is 1. The molecule has 154 valence electrons. The van der Waals surface area contributed by atoms with Crippen molar-refractivity contribution in [2.45, 2.75) is 50.1 Å². The molecule has 4 bridgehead atoms. The molecular weight excluding hydrogens is 370 g/mol. The summed E-state index contributed by atoms with van der Waals surface area (Å²) in [4.78, 5) is 38.0. The van der Waals surface area contributed by atoms with Gasteiger partial charge in [0.15, 0.2) is 6.61 Å². The Bertz CT molecular complexity index is 773. The molecule has 29 heavy (non-hydrogen) atoms. The topological polar surface area (TPSA) is 87.7 Å². The van der Waals surface area contributed by atoms with Crippen molar-refractivity contribution in [3.63, 3.8) is 0 Å². The fourth-order valence-electron chi connectivity index (χ4n) is 6.36. The first kappa shape index (κ1) is 18.5. The molecule has 0 radical (unpaired) electrons. The fourth-order valence-corrected chi connectivity index (χ4v) is 6.36. The van der Waals surface area contributed by atoms with Crippen LogP contribution in [0.5, 0.6) is 0 Å². The summed E-state index contributed by atoms with van der Waals surface area (Å²) in [6.45, 7) is -0.171. The Hall–Kier alpha value is -2.57. The summed E-state index contributed by atoms with van der Waals surface area (Å²) in [5.41, 5.74) is 0.753. The second-order valence-electron chi connectivity index (χ2n) is 9.32. The van der Waals surface area contributed by atoms with Crippen molar-refractivity contribution in [2.75, 3.05) is 13.2 Å². The van der Waals surface area contributed by atoms with E-state index in [0.717, 1.165) is 47.5 Å². The predicted molar refractivity (Wildman–Crippen MR) is 105 cm³/mol. The molecule has 1 aromatic carbocycles. The van der Waals surface area contributed by atoms with Gasteiger partial charge in [-0.1, -0.05) is 30.3 Å². The average Bonchev–Trinajstić information content (AvgIpc) is 2.98. The Labute approximate surface area is 170 Å². The number of amides is 4. The van der Waals surface area contributed by atoms with Crippen molar-refractivity contribution < 1.29 is 19.1 Å². The summed E-state index contributed by atoms with van der Waals surface area (Å²) in [7, 11) is 0. The van der Waals surface area contributed by atoms with Crippen LogP contribution in [-0.4, -0.2) is 41.6 Å². The zero-order chi connectivity index (χ0) is 20.0. The molecule has 1 atom stereocenters. The number of rotatable bonds is 5. The highest BCUT2D eigenvalue weighted by atomic mass is 16.6. The van der Waals surface area contributed by atoms with Crippen LogP contribution in [0.4, 0.5) is 9.59 Å². The van der Waals surface area contributed by atoms with Crippen molar-refractivity contribution in [1.29, 1.82) is 0 Å². The molecule has 1 aromatic rings. The van der Waals surface area contributed by atoms with Crippen molar-refractivity contribution in [1.82, 2.24) is 15.5 Å². The first-order valence-electron chi connectivity index (χ1n) is 10.6. The third-order valence-corrected chi connectivity index (χ3v) is 7.13. The van der Waals surface area contributed by atoms with Crippen LogP contribution in [0.1, 0.15) is 50.1 Å². The van der Waals surface area contributed by atoms with E-state index in [-0.39, 0.29) is 30.6 Å². The van der Waals surface area contributed by atoms with Gasteiger partial charge in [-0.25, -0.2) is 14.5 Å². The first-order valence-corrected chi connectivity index (χ1v) is 10.6. The van der Waals surface area contributed by atoms with E-state index in [9.17, 15) is 14.4 Å². The second kappa shape index (κ2) is 7.04. The lowest BCUT2D eigenvalue weighted by molar-refractivity contribution is -0.126. The normalized spacial score (nSPS) is 33.5. The van der Waals surface area contributed by atoms with Gasteiger partial charge in [0.1, 0.15) is 0 Å². The zero-order valence-corrected chi connectivity index (χ0v) is 16.4. The van der Waals surface area contributed by atoms with Crippen LogP contribution < -0.4 is 10.6 Å². The van der Waals surface area contributed by atoms with Gasteiger partial charge in [0, 0.05) is 5.54 Å². The number of hydrogen-bond acceptors (Lipinski definition) is 4. The number of urea groups is 1. The lowest BCUT2D eigenvalue weighted by atomic mass is 9.53. The van der Waals surface area contributed by atoms with Crippen LogP contribution in [-0.2, 0) is 9.53 Å². The Morgan fingerprint density at radius 3 is 2.24 bits per heavy atom. The minimum atomic E-state index is -0.653. The van der Waals surface area contributed by atoms with Crippen LogP contribution in [0.25, 0.3) is 0 Å². The smallest absolute Gasteiger partial charge is 0.417 e. The van der Waals surface area contributed by atoms with E-state index in [4.69, 9.17) is 4.74 Å². The van der Waals surface area contributed by atoms with E-state index in [2.05, 4.69) is 10.6 Å². The second-order valence-corrected chi connectivity index (χ2v) is 9.32. The highest BCUT2D eigenvalue weighted by Gasteiger charge is 2.51. The van der Waals surface area contributed by atoms with Gasteiger partial charge in [0.25, 0.3) is 5.91 Å². The number of nitrogens with zero attached hydrogens (tertiary/aromatic N) is 1. The molecule has 1 saturated heterocycles. The number of benzene rings is 1. The van der Waals surface area contributed by atoms with Crippen LogP contribution >= 0.6 is 0 Å². The van der Waals surface area contributed by atoms with Gasteiger partial charge in [0.05, 0.1) is 12.6 Å². The van der Waals surface area contributed by atoms with E-state index in [1.54, 1.807) is 0 Å². The van der Waals surface area contributed by atoms with Crippen molar-refractivity contribution in [3.05, 3.63) is 35.9 Å². The van der Waals surface area contributed by atoms with Gasteiger partial charge in [0.2, 0.25) is 0 Å². The molecule has 4 saturated carbocycles. The summed E-state index contributed by atoms with van der Waals surface area (Å²) in [5.74, 6) is 1.84. The Kier molecular flexibility index (Phi) is 4.48. The van der Waals surface area contributed by atoms with Crippen molar-refractivity contribution in [3.8, 4) is 0 Å². The van der Waals surface area contributed by atoms with Gasteiger partial charge in [-0.15, -0.1) is 0 Å². The van der Waals surface area contributed by atoms with Gasteiger partial charge >= 0.3 is 12.1 Å². The lowest BCUT2D eigenvalue weighted by Gasteiger charge is -2.56. The largest absolute Gasteiger partial charge is 0.439 e. The van der Waals surface area contributed by atoms with Gasteiger partial charge in [-0.2, -0.15) is 0 Å². The molecular formula is C22H27N3O4. The maximum absolute atomic E-state index is 13.0. The summed E-state index contributed by atoms with van der Waals surface area (Å²) in [6.07, 6.45) is 6.49. The summed E-state index contributed by atoms with van der Waals surface area (Å²) < 4.78 is 4.82. The van der Waals surface area contributed by atoms with Gasteiger partial charge in [-0.05, 0) is 61.8 Å². The van der Waals surface area contributed by atoms with Crippen molar-refractivity contribution in [2.24, 2.45) is 17.8 Å². The minimum absolute atomic E-state index is 0.0655. The van der Waals surface area contributed by atoms with Gasteiger partial charge < -0.3 is 15.4 Å². The molecule has 7 nitrogen and oxygen atoms in total. The van der Waals surface area contributed by atoms with E-state index < -0.39 is 12.1 Å². The van der Waals surface area contributed by atoms with Crippen LogP contribution in [0.2, 0.25) is 0 Å². The first-order chi connectivity index (χ1) is 14.0. The van der Waals surface area contributed by atoms with E-state index in [1.165, 1.54) is 19.3 Å². The maximum Gasteiger partial charge on any atom is 0.417 e.